The highest BCUT2D eigenvalue weighted by Crippen LogP contribution is 2.15. The number of hydrogen-bond donors (Lipinski definition) is 1. The smallest absolute Gasteiger partial charge is 0.251 e. The molecule has 0 fully saturated rings. The fraction of sp³-hybridized carbons (Fsp3) is 0.211. The van der Waals surface area contributed by atoms with E-state index in [4.69, 9.17) is 4.74 Å². The predicted octanol–water partition coefficient (Wildman–Crippen LogP) is 3.54. The Balaban J connectivity index is 1.48. The predicted molar refractivity (Wildman–Crippen MR) is 97.9 cm³/mol. The Hall–Kier alpha value is -2.80. The molecule has 1 aromatic heterocycles. The number of halogens is 1. The summed E-state index contributed by atoms with van der Waals surface area (Å²) in [5, 5.41) is 2.83. The van der Waals surface area contributed by atoms with Crippen LogP contribution in [0.5, 0.6) is 5.75 Å². The molecule has 5 nitrogen and oxygen atoms in total. The third-order valence-electron chi connectivity index (χ3n) is 3.83. The Morgan fingerprint density at radius 3 is 2.69 bits per heavy atom. The van der Waals surface area contributed by atoms with Crippen LogP contribution in [0.3, 0.4) is 0 Å². The normalized spacial score (nSPS) is 10.5. The van der Waals surface area contributed by atoms with Gasteiger partial charge in [0.1, 0.15) is 23.9 Å². The number of nitrogens with one attached hydrogen (secondary N) is 1. The largest absolute Gasteiger partial charge is 0.487 e. The van der Waals surface area contributed by atoms with Gasteiger partial charge in [0.2, 0.25) is 0 Å². The first-order valence-electron chi connectivity index (χ1n) is 8.15. The molecule has 1 heterocycles. The maximum atomic E-state index is 13.1. The highest BCUT2D eigenvalue weighted by Gasteiger charge is 2.07. The molecule has 0 aliphatic heterocycles. The van der Waals surface area contributed by atoms with Crippen molar-refractivity contribution in [3.05, 3.63) is 76.9 Å². The molecule has 26 heavy (non-hydrogen) atoms. The Bertz CT molecular complexity index is 881. The number of aryl methyl sites for hydroxylation is 1. The van der Waals surface area contributed by atoms with Crippen LogP contribution in [0.2, 0.25) is 0 Å². The van der Waals surface area contributed by atoms with Crippen LogP contribution in [0.15, 0.2) is 48.5 Å². The van der Waals surface area contributed by atoms with Gasteiger partial charge in [-0.25, -0.2) is 4.39 Å². The molecule has 1 amide bonds. The van der Waals surface area contributed by atoms with Crippen molar-refractivity contribution in [2.45, 2.75) is 20.0 Å². The highest BCUT2D eigenvalue weighted by molar-refractivity contribution is 6.99. The zero-order chi connectivity index (χ0) is 18.4. The van der Waals surface area contributed by atoms with Crippen molar-refractivity contribution < 1.29 is 13.9 Å². The van der Waals surface area contributed by atoms with Crippen molar-refractivity contribution in [3.63, 3.8) is 0 Å². The lowest BCUT2D eigenvalue weighted by molar-refractivity contribution is 0.0954. The fourth-order valence-corrected chi connectivity index (χ4v) is 2.90. The number of carbonyl (C=O) groups excluding carboxylic acids is 1. The Kier molecular flexibility index (Phi) is 5.91. The molecule has 0 radical (unpaired) electrons. The zero-order valence-electron chi connectivity index (χ0n) is 14.2. The van der Waals surface area contributed by atoms with Crippen LogP contribution in [-0.2, 0) is 13.0 Å². The number of rotatable bonds is 7. The van der Waals surface area contributed by atoms with Gasteiger partial charge in [0, 0.05) is 12.1 Å². The van der Waals surface area contributed by atoms with E-state index in [1.54, 1.807) is 30.3 Å². The summed E-state index contributed by atoms with van der Waals surface area (Å²) in [4.78, 5) is 12.2. The van der Waals surface area contributed by atoms with Crippen LogP contribution >= 0.6 is 11.7 Å². The quantitative estimate of drug-likeness (QED) is 0.690. The summed E-state index contributed by atoms with van der Waals surface area (Å²) >= 11 is 1.16. The van der Waals surface area contributed by atoms with E-state index in [9.17, 15) is 9.18 Å². The molecular weight excluding hydrogens is 353 g/mol. The SMILES string of the molecule is Cc1nsnc1COc1ccc(C(=O)NCCc2cccc(F)c2)cc1. The molecule has 0 saturated carbocycles. The molecule has 0 aliphatic rings. The summed E-state index contributed by atoms with van der Waals surface area (Å²) in [5.74, 6) is 0.217. The molecule has 2 aromatic carbocycles. The second kappa shape index (κ2) is 8.53. The Labute approximate surface area is 155 Å². The first-order valence-corrected chi connectivity index (χ1v) is 8.88. The van der Waals surface area contributed by atoms with Crippen LogP contribution in [0.4, 0.5) is 4.39 Å². The summed E-state index contributed by atoms with van der Waals surface area (Å²) in [5.41, 5.74) is 3.07. The molecule has 0 saturated heterocycles. The standard InChI is InChI=1S/C19H18FN3O2S/c1-13-18(23-26-22-13)12-25-17-7-5-15(6-8-17)19(24)21-10-9-14-3-2-4-16(20)11-14/h2-8,11H,9-10,12H2,1H3,(H,21,24). The molecule has 0 aliphatic carbocycles. The molecule has 3 rings (SSSR count). The van der Waals surface area contributed by atoms with Gasteiger partial charge in [-0.3, -0.25) is 4.79 Å². The van der Waals surface area contributed by atoms with Gasteiger partial charge >= 0.3 is 0 Å². The molecular formula is C19H18FN3O2S. The maximum Gasteiger partial charge on any atom is 0.251 e. The van der Waals surface area contributed by atoms with Crippen molar-refractivity contribution in [1.82, 2.24) is 14.1 Å². The fourth-order valence-electron chi connectivity index (χ4n) is 2.35. The maximum absolute atomic E-state index is 13.1. The number of amides is 1. The number of ether oxygens (including phenoxy) is 1. The molecule has 0 unspecified atom stereocenters. The monoisotopic (exact) mass is 371 g/mol. The lowest BCUT2D eigenvalue weighted by atomic mass is 10.1. The summed E-state index contributed by atoms with van der Waals surface area (Å²) in [6, 6.07) is 13.3. The van der Waals surface area contributed by atoms with Crippen molar-refractivity contribution in [2.75, 3.05) is 6.54 Å². The summed E-state index contributed by atoms with van der Waals surface area (Å²) < 4.78 is 27.0. The number of nitrogens with zero attached hydrogens (tertiary/aromatic N) is 2. The van der Waals surface area contributed by atoms with Crippen LogP contribution in [0, 0.1) is 12.7 Å². The van der Waals surface area contributed by atoms with Crippen LogP contribution in [0.1, 0.15) is 27.3 Å². The summed E-state index contributed by atoms with van der Waals surface area (Å²) in [7, 11) is 0. The third-order valence-corrected chi connectivity index (χ3v) is 4.48. The average Bonchev–Trinajstić information content (AvgIpc) is 3.05. The molecule has 0 bridgehead atoms. The number of aromatic nitrogens is 2. The molecule has 1 N–H and O–H groups in total. The van der Waals surface area contributed by atoms with Crippen LogP contribution < -0.4 is 10.1 Å². The van der Waals surface area contributed by atoms with E-state index in [0.717, 1.165) is 28.7 Å². The van der Waals surface area contributed by atoms with E-state index >= 15 is 0 Å². The lowest BCUT2D eigenvalue weighted by Crippen LogP contribution is -2.25. The van der Waals surface area contributed by atoms with E-state index in [2.05, 4.69) is 14.1 Å². The Morgan fingerprint density at radius 2 is 2.00 bits per heavy atom. The van der Waals surface area contributed by atoms with Crippen LogP contribution in [-0.4, -0.2) is 21.2 Å². The average molecular weight is 371 g/mol. The van der Waals surface area contributed by atoms with Gasteiger partial charge in [-0.2, -0.15) is 8.75 Å². The first-order chi connectivity index (χ1) is 12.6. The second-order valence-corrected chi connectivity index (χ2v) is 6.27. The van der Waals surface area contributed by atoms with Gasteiger partial charge in [-0.05, 0) is 55.3 Å². The van der Waals surface area contributed by atoms with Gasteiger partial charge in [0.15, 0.2) is 0 Å². The molecule has 134 valence electrons. The van der Waals surface area contributed by atoms with E-state index < -0.39 is 0 Å². The van der Waals surface area contributed by atoms with Gasteiger partial charge < -0.3 is 10.1 Å². The van der Waals surface area contributed by atoms with Crippen molar-refractivity contribution in [2.24, 2.45) is 0 Å². The number of benzene rings is 2. The molecule has 7 heteroatoms. The third kappa shape index (κ3) is 4.86. The minimum atomic E-state index is -0.270. The summed E-state index contributed by atoms with van der Waals surface area (Å²) in [6.07, 6.45) is 0.575. The zero-order valence-corrected chi connectivity index (χ0v) is 15.1. The molecule has 0 spiro atoms. The number of carbonyl (C=O) groups is 1. The molecule has 3 aromatic rings. The van der Waals surface area contributed by atoms with E-state index in [1.165, 1.54) is 12.1 Å². The molecule has 0 atom stereocenters. The summed E-state index contributed by atoms with van der Waals surface area (Å²) in [6.45, 7) is 2.68. The second-order valence-electron chi connectivity index (χ2n) is 5.75. The van der Waals surface area contributed by atoms with Crippen LogP contribution in [0.25, 0.3) is 0 Å². The van der Waals surface area contributed by atoms with E-state index in [-0.39, 0.29) is 11.7 Å². The topological polar surface area (TPSA) is 64.1 Å². The minimum absolute atomic E-state index is 0.174. The van der Waals surface area contributed by atoms with Crippen molar-refractivity contribution in [1.29, 1.82) is 0 Å². The Morgan fingerprint density at radius 1 is 1.19 bits per heavy atom. The van der Waals surface area contributed by atoms with Gasteiger partial charge in [-0.15, -0.1) is 0 Å². The highest BCUT2D eigenvalue weighted by atomic mass is 32.1. The lowest BCUT2D eigenvalue weighted by Gasteiger charge is -2.08. The number of hydrogen-bond acceptors (Lipinski definition) is 5. The van der Waals surface area contributed by atoms with E-state index in [1.807, 2.05) is 13.0 Å². The van der Waals surface area contributed by atoms with E-state index in [0.29, 0.717) is 30.9 Å². The van der Waals surface area contributed by atoms with Crippen molar-refractivity contribution >= 4 is 17.6 Å². The van der Waals surface area contributed by atoms with Gasteiger partial charge in [-0.1, -0.05) is 12.1 Å². The van der Waals surface area contributed by atoms with Gasteiger partial charge in [0.25, 0.3) is 5.91 Å². The minimum Gasteiger partial charge on any atom is -0.487 e. The van der Waals surface area contributed by atoms with Crippen molar-refractivity contribution in [3.8, 4) is 5.75 Å². The van der Waals surface area contributed by atoms with Gasteiger partial charge in [0.05, 0.1) is 17.4 Å². The first kappa shape index (κ1) is 18.0.